The minimum absolute atomic E-state index is 0.338. The second kappa shape index (κ2) is 5.86. The molecule has 0 aromatic heterocycles. The van der Waals surface area contributed by atoms with Crippen molar-refractivity contribution >= 4 is 0 Å². The summed E-state index contributed by atoms with van der Waals surface area (Å²) in [5.74, 6) is 0. The van der Waals surface area contributed by atoms with E-state index in [0.29, 0.717) is 17.7 Å². The van der Waals surface area contributed by atoms with E-state index in [4.69, 9.17) is 4.74 Å². The first-order chi connectivity index (χ1) is 7.13. The van der Waals surface area contributed by atoms with Crippen LogP contribution in [0.1, 0.15) is 59.3 Å². The Morgan fingerprint density at radius 3 is 2.07 bits per heavy atom. The van der Waals surface area contributed by atoms with Crippen LogP contribution in [0.15, 0.2) is 0 Å². The van der Waals surface area contributed by atoms with Gasteiger partial charge in [-0.05, 0) is 45.4 Å². The predicted molar refractivity (Wildman–Crippen MR) is 65.2 cm³/mol. The van der Waals surface area contributed by atoms with Crippen molar-refractivity contribution in [2.24, 2.45) is 0 Å². The standard InChI is InChI=1S/C13H27NO/c1-5-13(3,6-2)14-11-7-9-12(15-4)10-8-11/h11-12,14H,5-10H2,1-4H3. The topological polar surface area (TPSA) is 21.3 Å². The van der Waals surface area contributed by atoms with E-state index in [0.717, 1.165) is 0 Å². The lowest BCUT2D eigenvalue weighted by Crippen LogP contribution is -2.49. The Kier molecular flexibility index (Phi) is 5.07. The zero-order valence-corrected chi connectivity index (χ0v) is 10.8. The summed E-state index contributed by atoms with van der Waals surface area (Å²) >= 11 is 0. The van der Waals surface area contributed by atoms with Crippen LogP contribution in [0.4, 0.5) is 0 Å². The van der Waals surface area contributed by atoms with Crippen LogP contribution in [0.2, 0.25) is 0 Å². The molecule has 1 N–H and O–H groups in total. The molecule has 1 fully saturated rings. The van der Waals surface area contributed by atoms with Crippen molar-refractivity contribution in [3.05, 3.63) is 0 Å². The molecule has 1 saturated carbocycles. The van der Waals surface area contributed by atoms with E-state index in [1.807, 2.05) is 7.11 Å². The molecule has 0 bridgehead atoms. The lowest BCUT2D eigenvalue weighted by Gasteiger charge is -2.37. The maximum atomic E-state index is 5.39. The third kappa shape index (κ3) is 3.76. The van der Waals surface area contributed by atoms with Crippen LogP contribution >= 0.6 is 0 Å². The SMILES string of the molecule is CCC(C)(CC)NC1CCC(OC)CC1. The van der Waals surface area contributed by atoms with Gasteiger partial charge in [0.2, 0.25) is 0 Å². The summed E-state index contributed by atoms with van der Waals surface area (Å²) < 4.78 is 5.39. The summed E-state index contributed by atoms with van der Waals surface area (Å²) in [5, 5.41) is 3.82. The molecular weight excluding hydrogens is 186 g/mol. The molecule has 1 rings (SSSR count). The van der Waals surface area contributed by atoms with Gasteiger partial charge in [0, 0.05) is 18.7 Å². The van der Waals surface area contributed by atoms with Crippen LogP contribution in [0.5, 0.6) is 0 Å². The summed E-state index contributed by atoms with van der Waals surface area (Å²) in [5.41, 5.74) is 0.338. The van der Waals surface area contributed by atoms with Gasteiger partial charge in [0.05, 0.1) is 6.10 Å². The maximum Gasteiger partial charge on any atom is 0.0572 e. The van der Waals surface area contributed by atoms with Crippen LogP contribution in [-0.4, -0.2) is 24.8 Å². The van der Waals surface area contributed by atoms with E-state index in [9.17, 15) is 0 Å². The van der Waals surface area contributed by atoms with Crippen molar-refractivity contribution in [1.82, 2.24) is 5.32 Å². The summed E-state index contributed by atoms with van der Waals surface area (Å²) in [4.78, 5) is 0. The molecule has 90 valence electrons. The highest BCUT2D eigenvalue weighted by Gasteiger charge is 2.27. The second-order valence-electron chi connectivity index (χ2n) is 5.12. The number of methoxy groups -OCH3 is 1. The predicted octanol–water partition coefficient (Wildman–Crippen LogP) is 3.11. The zero-order valence-electron chi connectivity index (χ0n) is 10.8. The van der Waals surface area contributed by atoms with Crippen LogP contribution in [0.25, 0.3) is 0 Å². The van der Waals surface area contributed by atoms with E-state index >= 15 is 0 Å². The van der Waals surface area contributed by atoms with Gasteiger partial charge in [0.1, 0.15) is 0 Å². The summed E-state index contributed by atoms with van der Waals surface area (Å²) in [6, 6.07) is 0.710. The van der Waals surface area contributed by atoms with E-state index in [2.05, 4.69) is 26.1 Å². The monoisotopic (exact) mass is 213 g/mol. The van der Waals surface area contributed by atoms with Gasteiger partial charge in [-0.25, -0.2) is 0 Å². The molecule has 0 spiro atoms. The first-order valence-electron chi connectivity index (χ1n) is 6.44. The first-order valence-corrected chi connectivity index (χ1v) is 6.44. The highest BCUT2D eigenvalue weighted by Crippen LogP contribution is 2.24. The molecule has 0 unspecified atom stereocenters. The molecule has 2 nitrogen and oxygen atoms in total. The van der Waals surface area contributed by atoms with Gasteiger partial charge in [-0.3, -0.25) is 0 Å². The number of ether oxygens (including phenoxy) is 1. The first kappa shape index (κ1) is 13.0. The van der Waals surface area contributed by atoms with Gasteiger partial charge in [-0.1, -0.05) is 13.8 Å². The number of rotatable bonds is 5. The summed E-state index contributed by atoms with van der Waals surface area (Å²) in [7, 11) is 1.83. The molecule has 0 amide bonds. The molecule has 0 aromatic rings. The molecule has 0 saturated heterocycles. The Bertz CT molecular complexity index is 169. The van der Waals surface area contributed by atoms with Crippen molar-refractivity contribution in [3.63, 3.8) is 0 Å². The number of hydrogen-bond donors (Lipinski definition) is 1. The maximum absolute atomic E-state index is 5.39. The molecule has 15 heavy (non-hydrogen) atoms. The lowest BCUT2D eigenvalue weighted by atomic mass is 9.88. The molecular formula is C13H27NO. The van der Waals surface area contributed by atoms with Crippen molar-refractivity contribution in [2.45, 2.75) is 77.0 Å². The lowest BCUT2D eigenvalue weighted by molar-refractivity contribution is 0.0578. The molecule has 1 aliphatic rings. The van der Waals surface area contributed by atoms with Crippen LogP contribution in [0, 0.1) is 0 Å². The highest BCUT2D eigenvalue weighted by molar-refractivity contribution is 4.87. The molecule has 0 aromatic carbocycles. The molecule has 2 heteroatoms. The van der Waals surface area contributed by atoms with Crippen molar-refractivity contribution < 1.29 is 4.74 Å². The van der Waals surface area contributed by atoms with Crippen LogP contribution < -0.4 is 5.32 Å². The van der Waals surface area contributed by atoms with Crippen LogP contribution in [0.3, 0.4) is 0 Å². The average Bonchev–Trinajstić information content (AvgIpc) is 2.30. The molecule has 1 aliphatic carbocycles. The van der Waals surface area contributed by atoms with E-state index in [-0.39, 0.29) is 0 Å². The smallest absolute Gasteiger partial charge is 0.0572 e. The number of nitrogens with one attached hydrogen (secondary N) is 1. The Balaban J connectivity index is 2.34. The van der Waals surface area contributed by atoms with E-state index < -0.39 is 0 Å². The van der Waals surface area contributed by atoms with Gasteiger partial charge in [-0.15, -0.1) is 0 Å². The Hall–Kier alpha value is -0.0800. The van der Waals surface area contributed by atoms with E-state index in [1.54, 1.807) is 0 Å². The van der Waals surface area contributed by atoms with E-state index in [1.165, 1.54) is 38.5 Å². The fraction of sp³-hybridized carbons (Fsp3) is 1.00. The van der Waals surface area contributed by atoms with Crippen molar-refractivity contribution in [2.75, 3.05) is 7.11 Å². The quantitative estimate of drug-likeness (QED) is 0.757. The minimum atomic E-state index is 0.338. The van der Waals surface area contributed by atoms with Gasteiger partial charge >= 0.3 is 0 Å². The zero-order chi connectivity index (χ0) is 11.3. The third-order valence-electron chi connectivity index (χ3n) is 4.12. The van der Waals surface area contributed by atoms with Gasteiger partial charge in [-0.2, -0.15) is 0 Å². The second-order valence-corrected chi connectivity index (χ2v) is 5.12. The van der Waals surface area contributed by atoms with Crippen LogP contribution in [-0.2, 0) is 4.74 Å². The van der Waals surface area contributed by atoms with Crippen molar-refractivity contribution in [1.29, 1.82) is 0 Å². The third-order valence-corrected chi connectivity index (χ3v) is 4.12. The van der Waals surface area contributed by atoms with Crippen molar-refractivity contribution in [3.8, 4) is 0 Å². The molecule has 0 heterocycles. The van der Waals surface area contributed by atoms with Gasteiger partial charge in [0.25, 0.3) is 0 Å². The largest absolute Gasteiger partial charge is 0.381 e. The van der Waals surface area contributed by atoms with Gasteiger partial charge in [0.15, 0.2) is 0 Å². The fourth-order valence-electron chi connectivity index (χ4n) is 2.39. The summed E-state index contributed by atoms with van der Waals surface area (Å²) in [6.45, 7) is 6.89. The normalized spacial score (nSPS) is 28.0. The summed E-state index contributed by atoms with van der Waals surface area (Å²) in [6.07, 6.45) is 7.93. The highest BCUT2D eigenvalue weighted by atomic mass is 16.5. The molecule has 0 atom stereocenters. The molecule has 0 radical (unpaired) electrons. The Morgan fingerprint density at radius 1 is 1.13 bits per heavy atom. The minimum Gasteiger partial charge on any atom is -0.381 e. The Morgan fingerprint density at radius 2 is 1.67 bits per heavy atom. The molecule has 0 aliphatic heterocycles. The fourth-order valence-corrected chi connectivity index (χ4v) is 2.39. The average molecular weight is 213 g/mol. The Labute approximate surface area is 94.8 Å². The number of hydrogen-bond acceptors (Lipinski definition) is 2. The van der Waals surface area contributed by atoms with Gasteiger partial charge < -0.3 is 10.1 Å².